The number of carbonyl (C=O) groups is 1. The van der Waals surface area contributed by atoms with Gasteiger partial charge in [-0.3, -0.25) is 14.5 Å². The third-order valence-corrected chi connectivity index (χ3v) is 5.94. The molecule has 32 heavy (non-hydrogen) atoms. The van der Waals surface area contributed by atoms with Crippen LogP contribution in [0, 0.1) is 13.8 Å². The molecule has 0 aliphatic carbocycles. The molecular formula is C23H30N6O3. The Balaban J connectivity index is 1.50. The second-order valence-electron chi connectivity index (χ2n) is 8.17. The van der Waals surface area contributed by atoms with Crippen LogP contribution in [0.4, 0.5) is 0 Å². The highest BCUT2D eigenvalue weighted by Gasteiger charge is 2.23. The number of aromatic nitrogens is 4. The molecule has 1 N–H and O–H groups in total. The fraction of sp³-hybridized carbons (Fsp3) is 0.478. The lowest BCUT2D eigenvalue weighted by molar-refractivity contribution is -0.124. The minimum absolute atomic E-state index is 0.214. The number of morpholine rings is 1. The molecule has 1 amide bonds. The second-order valence-corrected chi connectivity index (χ2v) is 8.17. The van der Waals surface area contributed by atoms with Crippen LogP contribution in [0.3, 0.4) is 0 Å². The van der Waals surface area contributed by atoms with Gasteiger partial charge in [0.15, 0.2) is 0 Å². The molecule has 1 unspecified atom stereocenters. The van der Waals surface area contributed by atoms with E-state index in [0.717, 1.165) is 50.7 Å². The number of rotatable bonds is 7. The molecule has 3 heterocycles. The molecule has 9 nitrogen and oxygen atoms in total. The van der Waals surface area contributed by atoms with Crippen LogP contribution < -0.4 is 10.9 Å². The third kappa shape index (κ3) is 4.44. The van der Waals surface area contributed by atoms with Crippen molar-refractivity contribution in [3.05, 3.63) is 52.1 Å². The van der Waals surface area contributed by atoms with Gasteiger partial charge in [0.05, 0.1) is 35.7 Å². The van der Waals surface area contributed by atoms with Gasteiger partial charge in [-0.05, 0) is 45.9 Å². The summed E-state index contributed by atoms with van der Waals surface area (Å²) in [6.45, 7) is 10.2. The molecule has 1 fully saturated rings. The molecule has 3 aromatic rings. The van der Waals surface area contributed by atoms with Gasteiger partial charge in [0.25, 0.3) is 5.56 Å². The summed E-state index contributed by atoms with van der Waals surface area (Å²) in [4.78, 5) is 28.3. The molecule has 1 aromatic carbocycles. The summed E-state index contributed by atoms with van der Waals surface area (Å²) in [6, 6.07) is 8.95. The van der Waals surface area contributed by atoms with Crippen LogP contribution in [0.15, 0.2) is 35.1 Å². The number of ether oxygens (including phenoxy) is 1. The Kier molecular flexibility index (Phi) is 6.66. The molecule has 0 bridgehead atoms. The van der Waals surface area contributed by atoms with Gasteiger partial charge >= 0.3 is 0 Å². The van der Waals surface area contributed by atoms with Crippen molar-refractivity contribution in [1.29, 1.82) is 0 Å². The van der Waals surface area contributed by atoms with Gasteiger partial charge in [0, 0.05) is 19.6 Å². The predicted octanol–water partition coefficient (Wildman–Crippen LogP) is 1.60. The highest BCUT2D eigenvalue weighted by atomic mass is 16.5. The standard InChI is InChI=1S/C23H30N6O3/c1-16-21-20(17(2)28(26-21)19-8-5-4-6-9-19)23(31)29(25-16)18(3)22(30)24-10-7-11-27-12-14-32-15-13-27/h4-6,8-9,18H,7,10-15H2,1-3H3,(H,24,30). The molecule has 2 aromatic heterocycles. The minimum Gasteiger partial charge on any atom is -0.379 e. The first-order valence-corrected chi connectivity index (χ1v) is 11.1. The normalized spacial score (nSPS) is 15.7. The Morgan fingerprint density at radius 1 is 1.16 bits per heavy atom. The Morgan fingerprint density at radius 3 is 2.59 bits per heavy atom. The van der Waals surface area contributed by atoms with E-state index >= 15 is 0 Å². The quantitative estimate of drug-likeness (QED) is 0.563. The van der Waals surface area contributed by atoms with E-state index in [1.807, 2.05) is 44.2 Å². The summed E-state index contributed by atoms with van der Waals surface area (Å²) in [7, 11) is 0. The SMILES string of the molecule is Cc1nn(C(C)C(=O)NCCCN2CCOCC2)c(=O)c2c(C)n(-c3ccccc3)nc12. The lowest BCUT2D eigenvalue weighted by Gasteiger charge is -2.26. The molecule has 1 atom stereocenters. The van der Waals surface area contributed by atoms with Gasteiger partial charge in [0.1, 0.15) is 11.6 Å². The molecule has 1 aliphatic rings. The molecule has 0 saturated carbocycles. The monoisotopic (exact) mass is 438 g/mol. The van der Waals surface area contributed by atoms with Gasteiger partial charge in [-0.15, -0.1) is 0 Å². The molecular weight excluding hydrogens is 408 g/mol. The zero-order valence-electron chi connectivity index (χ0n) is 18.9. The highest BCUT2D eigenvalue weighted by Crippen LogP contribution is 2.20. The Labute approximate surface area is 187 Å². The van der Waals surface area contributed by atoms with Crippen LogP contribution in [0.2, 0.25) is 0 Å². The van der Waals surface area contributed by atoms with Crippen LogP contribution in [0.5, 0.6) is 0 Å². The van der Waals surface area contributed by atoms with Crippen molar-refractivity contribution in [3.63, 3.8) is 0 Å². The topological polar surface area (TPSA) is 94.3 Å². The molecule has 0 radical (unpaired) electrons. The second kappa shape index (κ2) is 9.62. The van der Waals surface area contributed by atoms with Crippen LogP contribution in [0.1, 0.15) is 30.8 Å². The number of carbonyl (C=O) groups excluding carboxylic acids is 1. The number of para-hydroxylation sites is 1. The van der Waals surface area contributed by atoms with Crippen LogP contribution in [-0.4, -0.2) is 69.8 Å². The number of amides is 1. The lowest BCUT2D eigenvalue weighted by atomic mass is 10.2. The zero-order valence-corrected chi connectivity index (χ0v) is 18.9. The number of hydrogen-bond donors (Lipinski definition) is 1. The van der Waals surface area contributed by atoms with Gasteiger partial charge in [-0.25, -0.2) is 9.36 Å². The van der Waals surface area contributed by atoms with Crippen LogP contribution >= 0.6 is 0 Å². The van der Waals surface area contributed by atoms with Crippen molar-refractivity contribution >= 4 is 16.8 Å². The summed E-state index contributed by atoms with van der Waals surface area (Å²) in [5, 5.41) is 12.5. The minimum atomic E-state index is -0.714. The van der Waals surface area contributed by atoms with E-state index in [1.54, 1.807) is 11.6 Å². The largest absolute Gasteiger partial charge is 0.379 e. The number of aryl methyl sites for hydroxylation is 2. The lowest BCUT2D eigenvalue weighted by Crippen LogP contribution is -2.40. The van der Waals surface area contributed by atoms with Crippen molar-refractivity contribution in [3.8, 4) is 5.69 Å². The average Bonchev–Trinajstić information content (AvgIpc) is 3.18. The number of nitrogens with zero attached hydrogens (tertiary/aromatic N) is 5. The first-order valence-electron chi connectivity index (χ1n) is 11.1. The fourth-order valence-electron chi connectivity index (χ4n) is 4.06. The molecule has 4 rings (SSSR count). The van der Waals surface area contributed by atoms with Crippen molar-refractivity contribution in [1.82, 2.24) is 29.8 Å². The van der Waals surface area contributed by atoms with E-state index < -0.39 is 6.04 Å². The van der Waals surface area contributed by atoms with Crippen LogP contribution in [0.25, 0.3) is 16.6 Å². The number of nitrogens with one attached hydrogen (secondary N) is 1. The van der Waals surface area contributed by atoms with Crippen molar-refractivity contribution < 1.29 is 9.53 Å². The van der Waals surface area contributed by atoms with Crippen LogP contribution in [-0.2, 0) is 9.53 Å². The van der Waals surface area contributed by atoms with Gasteiger partial charge < -0.3 is 10.1 Å². The summed E-state index contributed by atoms with van der Waals surface area (Å²) in [5.74, 6) is -0.214. The molecule has 0 spiro atoms. The smallest absolute Gasteiger partial charge is 0.278 e. The van der Waals surface area contributed by atoms with E-state index in [9.17, 15) is 9.59 Å². The molecule has 170 valence electrons. The van der Waals surface area contributed by atoms with Gasteiger partial charge in [-0.2, -0.15) is 10.2 Å². The summed E-state index contributed by atoms with van der Waals surface area (Å²) >= 11 is 0. The first-order chi connectivity index (χ1) is 15.5. The molecule has 1 saturated heterocycles. The van der Waals surface area contributed by atoms with E-state index in [-0.39, 0.29) is 11.5 Å². The van der Waals surface area contributed by atoms with E-state index in [1.165, 1.54) is 4.68 Å². The molecule has 9 heteroatoms. The summed E-state index contributed by atoms with van der Waals surface area (Å²) in [5.41, 5.74) is 2.47. The Bertz CT molecular complexity index is 1150. The maximum atomic E-state index is 13.3. The summed E-state index contributed by atoms with van der Waals surface area (Å²) in [6.07, 6.45) is 0.849. The van der Waals surface area contributed by atoms with E-state index in [4.69, 9.17) is 4.74 Å². The molecule has 1 aliphatic heterocycles. The average molecular weight is 439 g/mol. The number of fused-ring (bicyclic) bond motifs is 1. The van der Waals surface area contributed by atoms with Crippen molar-refractivity contribution in [2.75, 3.05) is 39.4 Å². The maximum Gasteiger partial charge on any atom is 0.278 e. The number of hydrogen-bond acceptors (Lipinski definition) is 6. The third-order valence-electron chi connectivity index (χ3n) is 5.94. The first kappa shape index (κ1) is 22.2. The Hall–Kier alpha value is -3.04. The van der Waals surface area contributed by atoms with Gasteiger partial charge in [0.2, 0.25) is 5.91 Å². The Morgan fingerprint density at radius 2 is 1.88 bits per heavy atom. The maximum absolute atomic E-state index is 13.3. The van der Waals surface area contributed by atoms with Crippen molar-refractivity contribution in [2.45, 2.75) is 33.2 Å². The summed E-state index contributed by atoms with van der Waals surface area (Å²) < 4.78 is 8.38. The van der Waals surface area contributed by atoms with E-state index in [2.05, 4.69) is 20.4 Å². The number of benzene rings is 1. The van der Waals surface area contributed by atoms with Crippen molar-refractivity contribution in [2.24, 2.45) is 0 Å². The predicted molar refractivity (Wildman–Crippen MR) is 122 cm³/mol. The fourth-order valence-corrected chi connectivity index (χ4v) is 4.06. The zero-order chi connectivity index (χ0) is 22.7. The highest BCUT2D eigenvalue weighted by molar-refractivity contribution is 5.84. The van der Waals surface area contributed by atoms with E-state index in [0.29, 0.717) is 23.1 Å². The van der Waals surface area contributed by atoms with Gasteiger partial charge in [-0.1, -0.05) is 18.2 Å².